The number of nitrogens with zero attached hydrogens (tertiary/aromatic N) is 3. The molecule has 2 unspecified atom stereocenters. The summed E-state index contributed by atoms with van der Waals surface area (Å²) in [5, 5.41) is 28.2. The number of aliphatic hydroxyl groups is 1. The van der Waals surface area contributed by atoms with Crippen LogP contribution in [0.25, 0.3) is 0 Å². The highest BCUT2D eigenvalue weighted by molar-refractivity contribution is 7.09. The Morgan fingerprint density at radius 3 is 2.37 bits per heavy atom. The minimum absolute atomic E-state index is 0.0262. The van der Waals surface area contributed by atoms with Gasteiger partial charge in [-0.25, -0.2) is 4.98 Å². The highest BCUT2D eigenvalue weighted by Crippen LogP contribution is 2.32. The lowest BCUT2D eigenvalue weighted by Gasteiger charge is -2.40. The molecule has 1 aromatic carbocycles. The van der Waals surface area contributed by atoms with Gasteiger partial charge in [-0.15, -0.1) is 11.3 Å². The molecule has 1 saturated heterocycles. The molecule has 3 rings (SSSR count). The molecular weight excluding hydrogens is 769 g/mol. The number of β-amino-alcohol motifs (C(OH)–C–C–N with tert-alkyl or cyclic N) is 1. The number of carbonyl (C=O) groups excluding carboxylic acids is 3. The highest BCUT2D eigenvalue weighted by Gasteiger charge is 2.39. The van der Waals surface area contributed by atoms with E-state index in [1.165, 1.54) is 11.3 Å². The van der Waals surface area contributed by atoms with E-state index < -0.39 is 35.5 Å². The molecule has 1 aliphatic heterocycles. The van der Waals surface area contributed by atoms with Crippen molar-refractivity contribution in [3.8, 4) is 0 Å². The van der Waals surface area contributed by atoms with Gasteiger partial charge in [0.25, 0.3) is 5.91 Å². The van der Waals surface area contributed by atoms with Gasteiger partial charge in [0.2, 0.25) is 11.8 Å². The molecule has 3 amide bonds. The lowest BCUT2D eigenvalue weighted by molar-refractivity contribution is -0.147. The summed E-state index contributed by atoms with van der Waals surface area (Å²) in [4.78, 5) is 63.6. The molecule has 1 aliphatic rings. The first-order valence-corrected chi connectivity index (χ1v) is 22.9. The van der Waals surface area contributed by atoms with Gasteiger partial charge in [0.05, 0.1) is 18.1 Å². The van der Waals surface area contributed by atoms with Gasteiger partial charge in [0, 0.05) is 49.3 Å². The van der Waals surface area contributed by atoms with E-state index in [2.05, 4.69) is 31.4 Å². The van der Waals surface area contributed by atoms with Crippen LogP contribution in [0.1, 0.15) is 147 Å². The number of piperidine rings is 1. The Kier molecular flexibility index (Phi) is 20.8. The Hall–Kier alpha value is -3.59. The number of carbonyl (C=O) groups is 4. The summed E-state index contributed by atoms with van der Waals surface area (Å²) in [5.41, 5.74) is 6.56. The Labute approximate surface area is 357 Å². The third-order valence-electron chi connectivity index (χ3n) is 11.8. The lowest BCUT2D eigenvalue weighted by Crippen LogP contribution is -2.59. The SMILES string of the molecule is CCCCCCN(C(=O)[C@@H](NC(=O)C1CCCCN1CCO)[C@@H](C)CC)[C@H](C[C@@H](OCC)c1nc(C(=O)NC(Cc2ccc(N)cc2)CC(C)(C)C(=O)O)cs1)C(C)C. The first-order chi connectivity index (χ1) is 28.1. The number of thiazole rings is 1. The second kappa shape index (κ2) is 24.6. The summed E-state index contributed by atoms with van der Waals surface area (Å²) in [7, 11) is 0. The average molecular weight is 843 g/mol. The van der Waals surface area contributed by atoms with Crippen molar-refractivity contribution in [1.29, 1.82) is 0 Å². The Bertz CT molecular complexity index is 1600. The van der Waals surface area contributed by atoms with Crippen molar-refractivity contribution >= 4 is 40.7 Å². The molecule has 0 bridgehead atoms. The van der Waals surface area contributed by atoms with Gasteiger partial charge in [-0.1, -0.05) is 78.9 Å². The largest absolute Gasteiger partial charge is 0.481 e. The molecule has 1 fully saturated rings. The van der Waals surface area contributed by atoms with E-state index in [1.807, 2.05) is 42.7 Å². The van der Waals surface area contributed by atoms with Crippen LogP contribution >= 0.6 is 11.3 Å². The van der Waals surface area contributed by atoms with E-state index in [9.17, 15) is 29.4 Å². The van der Waals surface area contributed by atoms with Gasteiger partial charge in [-0.2, -0.15) is 0 Å². The number of nitrogen functional groups attached to an aromatic ring is 1. The number of aliphatic carboxylic acids is 1. The fraction of sp³-hybridized carbons (Fsp3) is 0.711. The van der Waals surface area contributed by atoms with Crippen molar-refractivity contribution in [1.82, 2.24) is 25.4 Å². The first-order valence-electron chi connectivity index (χ1n) is 22.0. The normalized spacial score (nSPS) is 17.5. The van der Waals surface area contributed by atoms with Crippen LogP contribution in [0.4, 0.5) is 5.69 Å². The number of rotatable bonds is 26. The third kappa shape index (κ3) is 15.1. The molecule has 6 N–H and O–H groups in total. The van der Waals surface area contributed by atoms with Gasteiger partial charge in [-0.05, 0) is 89.0 Å². The van der Waals surface area contributed by atoms with Crippen LogP contribution < -0.4 is 16.4 Å². The van der Waals surface area contributed by atoms with E-state index in [0.717, 1.165) is 50.6 Å². The topological polar surface area (TPSA) is 187 Å². The standard InChI is InChI=1S/C45H74N6O7S/c1-9-12-13-15-23-51(43(55)39(31(6)10-2)49-41(54)36-17-14-16-22-50(36)24-25-52)37(30(4)5)27-38(58-11-3)42-48-35(29-59-42)40(53)47-34(28-45(7,8)44(56)57)26-32-18-20-33(46)21-19-32/h18-21,29-31,34,36-39,52H,9-17,22-28,46H2,1-8H3,(H,47,53)(H,49,54)(H,56,57)/t31-,34?,36?,37+,38+,39-/m0/s1. The van der Waals surface area contributed by atoms with Crippen LogP contribution in [0.2, 0.25) is 0 Å². The van der Waals surface area contributed by atoms with Crippen LogP contribution in [0.15, 0.2) is 29.6 Å². The molecule has 59 heavy (non-hydrogen) atoms. The molecule has 1 aromatic heterocycles. The van der Waals surface area contributed by atoms with E-state index in [1.54, 1.807) is 31.4 Å². The predicted molar refractivity (Wildman–Crippen MR) is 235 cm³/mol. The van der Waals surface area contributed by atoms with Gasteiger partial charge in [-0.3, -0.25) is 24.1 Å². The van der Waals surface area contributed by atoms with Crippen LogP contribution in [-0.4, -0.2) is 106 Å². The van der Waals surface area contributed by atoms with Crippen molar-refractivity contribution < 1.29 is 34.1 Å². The summed E-state index contributed by atoms with van der Waals surface area (Å²) in [6.07, 6.45) is 7.77. The number of carboxylic acid groups (broad SMARTS) is 1. The van der Waals surface area contributed by atoms with Crippen LogP contribution in [0.5, 0.6) is 0 Å². The number of amides is 3. The number of hydrogen-bond acceptors (Lipinski definition) is 10. The second-order valence-electron chi connectivity index (χ2n) is 17.3. The molecule has 2 heterocycles. The molecule has 332 valence electrons. The van der Waals surface area contributed by atoms with Crippen LogP contribution in [0.3, 0.4) is 0 Å². The first kappa shape index (κ1) is 49.8. The summed E-state index contributed by atoms with van der Waals surface area (Å²) in [6, 6.07) is 5.48. The highest BCUT2D eigenvalue weighted by atomic mass is 32.1. The Morgan fingerprint density at radius 1 is 1.05 bits per heavy atom. The van der Waals surface area contributed by atoms with Crippen molar-refractivity contribution in [2.24, 2.45) is 17.3 Å². The number of aliphatic hydroxyl groups excluding tert-OH is 1. The van der Waals surface area contributed by atoms with Crippen molar-refractivity contribution in [3.63, 3.8) is 0 Å². The molecule has 2 aromatic rings. The summed E-state index contributed by atoms with van der Waals surface area (Å²) in [5.74, 6) is -1.69. The summed E-state index contributed by atoms with van der Waals surface area (Å²) in [6.45, 7) is 17.7. The molecule has 14 heteroatoms. The van der Waals surface area contributed by atoms with Crippen molar-refractivity contribution in [2.75, 3.05) is 38.6 Å². The van der Waals surface area contributed by atoms with Gasteiger partial charge in [0.15, 0.2) is 0 Å². The number of ether oxygens (including phenoxy) is 1. The van der Waals surface area contributed by atoms with Crippen LogP contribution in [0, 0.1) is 17.3 Å². The van der Waals surface area contributed by atoms with E-state index >= 15 is 0 Å². The molecular formula is C45H74N6O7S. The van der Waals surface area contributed by atoms with Crippen molar-refractivity contribution in [3.05, 3.63) is 45.9 Å². The Balaban J connectivity index is 1.91. The summed E-state index contributed by atoms with van der Waals surface area (Å²) < 4.78 is 6.35. The maximum Gasteiger partial charge on any atom is 0.309 e. The molecule has 13 nitrogen and oxygen atoms in total. The number of unbranched alkanes of at least 4 members (excludes halogenated alkanes) is 3. The zero-order valence-electron chi connectivity index (χ0n) is 37.0. The number of benzene rings is 1. The zero-order chi connectivity index (χ0) is 43.7. The predicted octanol–water partition coefficient (Wildman–Crippen LogP) is 6.85. The number of aromatic nitrogens is 1. The van der Waals surface area contributed by atoms with Gasteiger partial charge < -0.3 is 36.2 Å². The van der Waals surface area contributed by atoms with Gasteiger partial charge >= 0.3 is 5.97 Å². The zero-order valence-corrected chi connectivity index (χ0v) is 37.8. The lowest BCUT2D eigenvalue weighted by atomic mass is 9.84. The number of nitrogens with one attached hydrogen (secondary N) is 2. The average Bonchev–Trinajstić information content (AvgIpc) is 3.70. The molecule has 0 saturated carbocycles. The Morgan fingerprint density at radius 2 is 1.76 bits per heavy atom. The molecule has 0 radical (unpaired) electrons. The van der Waals surface area contributed by atoms with Gasteiger partial charge in [0.1, 0.15) is 22.8 Å². The molecule has 6 atom stereocenters. The summed E-state index contributed by atoms with van der Waals surface area (Å²) >= 11 is 1.33. The quantitative estimate of drug-likeness (QED) is 0.0496. The minimum Gasteiger partial charge on any atom is -0.481 e. The molecule has 0 spiro atoms. The third-order valence-corrected chi connectivity index (χ3v) is 12.7. The van der Waals surface area contributed by atoms with E-state index in [-0.39, 0.29) is 54.5 Å². The maximum absolute atomic E-state index is 14.9. The number of anilines is 1. The maximum atomic E-state index is 14.9. The fourth-order valence-corrected chi connectivity index (χ4v) is 8.84. The fourth-order valence-electron chi connectivity index (χ4n) is 7.98. The van der Waals surface area contributed by atoms with Crippen LogP contribution in [-0.2, 0) is 25.5 Å². The molecule has 0 aliphatic carbocycles. The smallest absolute Gasteiger partial charge is 0.309 e. The van der Waals surface area contributed by atoms with E-state index in [0.29, 0.717) is 56.1 Å². The number of nitrogens with two attached hydrogens (primary N) is 1. The minimum atomic E-state index is -1.09. The van der Waals surface area contributed by atoms with Crippen molar-refractivity contribution in [2.45, 2.75) is 156 Å². The van der Waals surface area contributed by atoms with E-state index in [4.69, 9.17) is 15.5 Å². The monoisotopic (exact) mass is 843 g/mol. The number of hydrogen-bond donors (Lipinski definition) is 5. The number of likely N-dealkylation sites (tertiary alicyclic amines) is 1. The second-order valence-corrected chi connectivity index (χ2v) is 18.2. The number of carboxylic acids is 1.